The van der Waals surface area contributed by atoms with Crippen molar-refractivity contribution in [3.8, 4) is 6.07 Å². The zero-order valence-electron chi connectivity index (χ0n) is 7.65. The third-order valence-electron chi connectivity index (χ3n) is 1.78. The van der Waals surface area contributed by atoms with E-state index in [0.717, 1.165) is 6.07 Å². The van der Waals surface area contributed by atoms with Crippen molar-refractivity contribution >= 4 is 34.1 Å². The molecule has 0 radical (unpaired) electrons. The van der Waals surface area contributed by atoms with Gasteiger partial charge in [0.05, 0.1) is 4.92 Å². The van der Waals surface area contributed by atoms with Crippen LogP contribution in [0.3, 0.4) is 0 Å². The monoisotopic (exact) mass is 316 g/mol. The van der Waals surface area contributed by atoms with Crippen LogP contribution in [-0.4, -0.2) is 10.7 Å². The summed E-state index contributed by atoms with van der Waals surface area (Å²) in [6.45, 7) is 1.33. The minimum absolute atomic E-state index is 0.0330. The zero-order valence-corrected chi connectivity index (χ0v) is 9.81. The Bertz CT molecular complexity index is 491. The average molecular weight is 316 g/mol. The Kier molecular flexibility index (Phi) is 3.36. The number of carbonyl (C=O) groups excluding carboxylic acids is 1. The molecule has 6 heteroatoms. The van der Waals surface area contributed by atoms with Gasteiger partial charge in [-0.2, -0.15) is 5.26 Å². The lowest BCUT2D eigenvalue weighted by Gasteiger charge is -2.01. The van der Waals surface area contributed by atoms with Crippen LogP contribution in [0.2, 0.25) is 0 Å². The van der Waals surface area contributed by atoms with E-state index in [2.05, 4.69) is 0 Å². The van der Waals surface area contributed by atoms with E-state index in [9.17, 15) is 14.9 Å². The van der Waals surface area contributed by atoms with Gasteiger partial charge in [-0.25, -0.2) is 0 Å². The first kappa shape index (κ1) is 11.6. The average Bonchev–Trinajstić information content (AvgIpc) is 2.16. The molecule has 0 saturated carbocycles. The molecule has 0 amide bonds. The molecule has 1 rings (SSSR count). The Hall–Kier alpha value is -1.49. The van der Waals surface area contributed by atoms with Crippen LogP contribution in [0.25, 0.3) is 0 Å². The fourth-order valence-corrected chi connectivity index (χ4v) is 1.92. The highest BCUT2D eigenvalue weighted by atomic mass is 127. The number of hydrogen-bond acceptors (Lipinski definition) is 4. The molecule has 0 bridgehead atoms. The lowest BCUT2D eigenvalue weighted by Crippen LogP contribution is -2.01. The van der Waals surface area contributed by atoms with Gasteiger partial charge in [0.15, 0.2) is 5.78 Å². The highest BCUT2D eigenvalue weighted by Crippen LogP contribution is 2.24. The predicted octanol–water partition coefficient (Wildman–Crippen LogP) is 2.27. The van der Waals surface area contributed by atoms with Crippen molar-refractivity contribution in [2.45, 2.75) is 6.92 Å². The van der Waals surface area contributed by atoms with Crippen LogP contribution >= 0.6 is 22.6 Å². The quantitative estimate of drug-likeness (QED) is 0.363. The van der Waals surface area contributed by atoms with Gasteiger partial charge in [-0.05, 0) is 35.6 Å². The molecule has 0 aromatic heterocycles. The number of benzene rings is 1. The third-order valence-corrected chi connectivity index (χ3v) is 2.67. The first-order valence-electron chi connectivity index (χ1n) is 3.86. The second-order valence-corrected chi connectivity index (χ2v) is 3.94. The van der Waals surface area contributed by atoms with E-state index in [1.54, 1.807) is 6.07 Å². The van der Waals surface area contributed by atoms with E-state index in [0.29, 0.717) is 3.57 Å². The Morgan fingerprint density at radius 3 is 2.60 bits per heavy atom. The molecule has 0 aliphatic heterocycles. The minimum Gasteiger partial charge on any atom is -0.294 e. The van der Waals surface area contributed by atoms with Crippen molar-refractivity contribution in [3.63, 3.8) is 0 Å². The minimum atomic E-state index is -0.666. The van der Waals surface area contributed by atoms with Crippen LogP contribution in [-0.2, 0) is 0 Å². The summed E-state index contributed by atoms with van der Waals surface area (Å²) < 4.78 is 0.544. The fourth-order valence-electron chi connectivity index (χ4n) is 1.07. The largest absolute Gasteiger partial charge is 0.294 e. The summed E-state index contributed by atoms with van der Waals surface area (Å²) in [7, 11) is 0. The highest BCUT2D eigenvalue weighted by Gasteiger charge is 2.18. The molecule has 0 heterocycles. The first-order valence-corrected chi connectivity index (χ1v) is 4.94. The lowest BCUT2D eigenvalue weighted by molar-refractivity contribution is -0.385. The van der Waals surface area contributed by atoms with Gasteiger partial charge in [0, 0.05) is 15.2 Å². The van der Waals surface area contributed by atoms with Crippen LogP contribution < -0.4 is 0 Å². The van der Waals surface area contributed by atoms with Gasteiger partial charge in [0.1, 0.15) is 11.6 Å². The molecule has 5 nitrogen and oxygen atoms in total. The number of nitriles is 1. The van der Waals surface area contributed by atoms with Gasteiger partial charge in [-0.3, -0.25) is 14.9 Å². The zero-order chi connectivity index (χ0) is 11.6. The maximum absolute atomic E-state index is 11.1. The second-order valence-electron chi connectivity index (χ2n) is 2.77. The number of carbonyl (C=O) groups is 1. The number of halogens is 1. The number of Topliss-reactive ketones (excluding diaryl/α,β-unsaturated/α-hetero) is 1. The smallest absolute Gasteiger partial charge is 0.287 e. The normalized spacial score (nSPS) is 9.40. The summed E-state index contributed by atoms with van der Waals surface area (Å²) in [6.07, 6.45) is 0. The van der Waals surface area contributed by atoms with Crippen molar-refractivity contribution in [1.82, 2.24) is 0 Å². The maximum atomic E-state index is 11.1. The number of hydrogen-bond donors (Lipinski definition) is 0. The molecule has 0 unspecified atom stereocenters. The van der Waals surface area contributed by atoms with Crippen molar-refractivity contribution in [2.75, 3.05) is 0 Å². The summed E-state index contributed by atoms with van der Waals surface area (Å²) in [4.78, 5) is 21.1. The van der Waals surface area contributed by atoms with Crippen molar-refractivity contribution in [2.24, 2.45) is 0 Å². The summed E-state index contributed by atoms with van der Waals surface area (Å²) in [6, 6.07) is 4.21. The van der Waals surface area contributed by atoms with Gasteiger partial charge in [-0.15, -0.1) is 0 Å². The molecule has 0 fully saturated rings. The van der Waals surface area contributed by atoms with E-state index in [-0.39, 0.29) is 22.6 Å². The fraction of sp³-hybridized carbons (Fsp3) is 0.111. The van der Waals surface area contributed by atoms with Gasteiger partial charge in [-0.1, -0.05) is 0 Å². The molecule has 0 spiro atoms. The van der Waals surface area contributed by atoms with Crippen molar-refractivity contribution < 1.29 is 9.72 Å². The molecule has 0 aliphatic rings. The van der Waals surface area contributed by atoms with Crippen molar-refractivity contribution in [1.29, 1.82) is 5.26 Å². The van der Waals surface area contributed by atoms with Gasteiger partial charge in [0.25, 0.3) is 5.69 Å². The summed E-state index contributed by atoms with van der Waals surface area (Å²) in [5.74, 6) is -0.257. The van der Waals surface area contributed by atoms with Crippen LogP contribution in [0.4, 0.5) is 5.69 Å². The molecule has 15 heavy (non-hydrogen) atoms. The Labute approximate surface area is 99.0 Å². The lowest BCUT2D eigenvalue weighted by atomic mass is 10.1. The molecule has 0 N–H and O–H groups in total. The van der Waals surface area contributed by atoms with E-state index >= 15 is 0 Å². The van der Waals surface area contributed by atoms with Crippen LogP contribution in [0, 0.1) is 25.0 Å². The number of nitrogens with zero attached hydrogens (tertiary/aromatic N) is 2. The molecule has 0 saturated heterocycles. The first-order chi connectivity index (χ1) is 6.97. The maximum Gasteiger partial charge on any atom is 0.287 e. The topological polar surface area (TPSA) is 84.0 Å². The van der Waals surface area contributed by atoms with Gasteiger partial charge >= 0.3 is 0 Å². The van der Waals surface area contributed by atoms with E-state index in [4.69, 9.17) is 5.26 Å². The van der Waals surface area contributed by atoms with Crippen molar-refractivity contribution in [3.05, 3.63) is 36.9 Å². The van der Waals surface area contributed by atoms with Crippen LogP contribution in [0.1, 0.15) is 22.8 Å². The second kappa shape index (κ2) is 4.35. The molecule has 1 aromatic carbocycles. The molecular weight excluding hydrogens is 311 g/mol. The number of ketones is 1. The standard InChI is InChI=1S/C9H5IN2O3/c1-5(13)7-3-9(12(14)15)6(4-11)2-8(7)10/h2-3H,1H3. The number of rotatable bonds is 2. The SMILES string of the molecule is CC(=O)c1cc([N+](=O)[O-])c(C#N)cc1I. The highest BCUT2D eigenvalue weighted by molar-refractivity contribution is 14.1. The Balaban J connectivity index is 3.52. The summed E-state index contributed by atoms with van der Waals surface area (Å²) >= 11 is 1.87. The number of nitro groups is 1. The summed E-state index contributed by atoms with van der Waals surface area (Å²) in [5, 5.41) is 19.3. The molecule has 0 aliphatic carbocycles. The van der Waals surface area contributed by atoms with Crippen LogP contribution in [0.15, 0.2) is 12.1 Å². The van der Waals surface area contributed by atoms with Gasteiger partial charge < -0.3 is 0 Å². The number of nitro benzene ring substituents is 1. The van der Waals surface area contributed by atoms with E-state index < -0.39 is 4.92 Å². The third kappa shape index (κ3) is 2.30. The van der Waals surface area contributed by atoms with Gasteiger partial charge in [0.2, 0.25) is 0 Å². The molecular formula is C9H5IN2O3. The molecule has 1 aromatic rings. The predicted molar refractivity (Wildman–Crippen MR) is 60.5 cm³/mol. The molecule has 0 atom stereocenters. The summed E-state index contributed by atoms with van der Waals surface area (Å²) in [5.41, 5.74) is -0.0983. The van der Waals surface area contributed by atoms with E-state index in [1.807, 2.05) is 22.6 Å². The molecule has 76 valence electrons. The van der Waals surface area contributed by atoms with E-state index in [1.165, 1.54) is 13.0 Å². The van der Waals surface area contributed by atoms with Crippen LogP contribution in [0.5, 0.6) is 0 Å². The Morgan fingerprint density at radius 2 is 2.20 bits per heavy atom. The Morgan fingerprint density at radius 1 is 1.60 bits per heavy atom.